The van der Waals surface area contributed by atoms with E-state index in [1.807, 2.05) is 0 Å². The van der Waals surface area contributed by atoms with E-state index in [1.54, 1.807) is 0 Å². The second-order valence-corrected chi connectivity index (χ2v) is 4.97. The molecule has 0 spiro atoms. The topological polar surface area (TPSA) is 18.5 Å². The summed E-state index contributed by atoms with van der Waals surface area (Å²) in [5, 5.41) is 0.157. The molecule has 1 aromatic rings. The highest BCUT2D eigenvalue weighted by Gasteiger charge is 2.33. The maximum absolute atomic E-state index is 12.3. The monoisotopic (exact) mass is 346 g/mol. The Kier molecular flexibility index (Phi) is 5.16. The Morgan fingerprint density at radius 1 is 1.28 bits per heavy atom. The maximum Gasteiger partial charge on any atom is 0.390 e. The van der Waals surface area contributed by atoms with Crippen molar-refractivity contribution in [3.8, 4) is 11.5 Å². The van der Waals surface area contributed by atoms with Gasteiger partial charge in [-0.1, -0.05) is 33.6 Å². The number of hydrogen-bond donors (Lipinski definition) is 0. The van der Waals surface area contributed by atoms with Gasteiger partial charge < -0.3 is 9.47 Å². The molecule has 0 aromatic heterocycles. The fraction of sp³-hybridized carbons (Fsp3) is 0.455. The second kappa shape index (κ2) is 6.02. The van der Waals surface area contributed by atoms with Gasteiger partial charge >= 0.3 is 6.18 Å². The largest absolute Gasteiger partial charge is 0.495 e. The number of hydrogen-bond acceptors (Lipinski definition) is 2. The van der Waals surface area contributed by atoms with Crippen LogP contribution in [0.5, 0.6) is 11.5 Å². The lowest BCUT2D eigenvalue weighted by molar-refractivity contribution is -0.134. The van der Waals surface area contributed by atoms with E-state index < -0.39 is 17.4 Å². The predicted molar refractivity (Wildman–Crippen MR) is 66.9 cm³/mol. The Bertz CT molecular complexity index is 423. The average Bonchev–Trinajstić information content (AvgIpc) is 2.26. The molecule has 7 heteroatoms. The van der Waals surface area contributed by atoms with Crippen molar-refractivity contribution in [2.45, 2.75) is 17.4 Å². The van der Waals surface area contributed by atoms with Crippen LogP contribution in [0.2, 0.25) is 5.02 Å². The summed E-state index contributed by atoms with van der Waals surface area (Å²) in [5.74, 6) is 0.533. The van der Waals surface area contributed by atoms with Gasteiger partial charge in [-0.05, 0) is 6.07 Å². The first-order chi connectivity index (χ1) is 8.30. The van der Waals surface area contributed by atoms with Crippen LogP contribution in [0, 0.1) is 0 Å². The van der Waals surface area contributed by atoms with Gasteiger partial charge in [-0.15, -0.1) is 0 Å². The molecule has 2 nitrogen and oxygen atoms in total. The van der Waals surface area contributed by atoms with Gasteiger partial charge in [-0.25, -0.2) is 0 Å². The third-order valence-corrected chi connectivity index (χ3v) is 3.44. The molecule has 102 valence electrons. The summed E-state index contributed by atoms with van der Waals surface area (Å²) >= 11 is 8.97. The predicted octanol–water partition coefficient (Wildman–Crippen LogP) is 4.75. The molecular formula is C11H11BrClF3O2. The van der Waals surface area contributed by atoms with Crippen molar-refractivity contribution in [2.75, 3.05) is 14.2 Å². The Labute approximate surface area is 116 Å². The van der Waals surface area contributed by atoms with Gasteiger partial charge in [0, 0.05) is 5.56 Å². The molecule has 0 N–H and O–H groups in total. The first-order valence-corrected chi connectivity index (χ1v) is 6.20. The van der Waals surface area contributed by atoms with Crippen molar-refractivity contribution in [3.05, 3.63) is 22.7 Å². The van der Waals surface area contributed by atoms with Crippen LogP contribution in [0.1, 0.15) is 16.8 Å². The normalized spacial score (nSPS) is 13.3. The lowest BCUT2D eigenvalue weighted by atomic mass is 10.1. The number of halogens is 5. The molecule has 0 heterocycles. The average molecular weight is 348 g/mol. The molecule has 0 fully saturated rings. The van der Waals surface area contributed by atoms with E-state index in [0.717, 1.165) is 0 Å². The minimum absolute atomic E-state index is 0.157. The molecule has 1 atom stereocenters. The van der Waals surface area contributed by atoms with E-state index in [9.17, 15) is 13.2 Å². The molecule has 0 saturated carbocycles. The molecule has 1 aromatic carbocycles. The van der Waals surface area contributed by atoms with Crippen molar-refractivity contribution in [1.29, 1.82) is 0 Å². The molecular weight excluding hydrogens is 336 g/mol. The van der Waals surface area contributed by atoms with Crippen LogP contribution in [-0.2, 0) is 0 Å². The number of alkyl halides is 4. The van der Waals surface area contributed by atoms with Gasteiger partial charge in [-0.2, -0.15) is 13.2 Å². The summed E-state index contributed by atoms with van der Waals surface area (Å²) in [7, 11) is 2.76. The summed E-state index contributed by atoms with van der Waals surface area (Å²) in [5.41, 5.74) is 0.334. The minimum Gasteiger partial charge on any atom is -0.495 e. The van der Waals surface area contributed by atoms with Crippen molar-refractivity contribution in [3.63, 3.8) is 0 Å². The second-order valence-electron chi connectivity index (χ2n) is 3.49. The highest BCUT2D eigenvalue weighted by atomic mass is 79.9. The first kappa shape index (κ1) is 15.4. The molecule has 0 bridgehead atoms. The molecule has 0 aliphatic carbocycles. The van der Waals surface area contributed by atoms with Gasteiger partial charge in [-0.3, -0.25) is 0 Å². The molecule has 1 rings (SSSR count). The third kappa shape index (κ3) is 3.68. The summed E-state index contributed by atoms with van der Waals surface area (Å²) in [6.07, 6.45) is -5.28. The SMILES string of the molecule is COc1ccc(C(Br)CC(F)(F)F)c(OC)c1Cl. The van der Waals surface area contributed by atoms with Crippen LogP contribution in [-0.4, -0.2) is 20.4 Å². The van der Waals surface area contributed by atoms with Crippen LogP contribution in [0.15, 0.2) is 12.1 Å². The fourth-order valence-electron chi connectivity index (χ4n) is 1.48. The zero-order chi connectivity index (χ0) is 13.9. The Morgan fingerprint density at radius 3 is 2.33 bits per heavy atom. The molecule has 0 saturated heterocycles. The number of benzene rings is 1. The minimum atomic E-state index is -4.27. The van der Waals surface area contributed by atoms with Crippen molar-refractivity contribution >= 4 is 27.5 Å². The summed E-state index contributed by atoms with van der Waals surface area (Å²) < 4.78 is 47.1. The lowest BCUT2D eigenvalue weighted by Gasteiger charge is -2.18. The Balaban J connectivity index is 3.13. The Morgan fingerprint density at radius 2 is 1.89 bits per heavy atom. The zero-order valence-electron chi connectivity index (χ0n) is 9.65. The summed E-state index contributed by atoms with van der Waals surface area (Å²) in [6, 6.07) is 3.00. The fourth-order valence-corrected chi connectivity index (χ4v) is 2.53. The van der Waals surface area contributed by atoms with Crippen LogP contribution in [0.3, 0.4) is 0 Å². The molecule has 0 aliphatic rings. The van der Waals surface area contributed by atoms with Gasteiger partial charge in [0.1, 0.15) is 16.5 Å². The van der Waals surface area contributed by atoms with Gasteiger partial charge in [0.05, 0.1) is 25.5 Å². The van der Waals surface area contributed by atoms with Crippen LogP contribution < -0.4 is 9.47 Å². The maximum atomic E-state index is 12.3. The van der Waals surface area contributed by atoms with E-state index in [-0.39, 0.29) is 10.8 Å². The smallest absolute Gasteiger partial charge is 0.390 e. The standard InChI is InChI=1S/C11H11BrClF3O2/c1-17-8-4-3-6(10(18-2)9(8)13)7(12)5-11(14,15)16/h3-4,7H,5H2,1-2H3. The van der Waals surface area contributed by atoms with E-state index in [2.05, 4.69) is 15.9 Å². The van der Waals surface area contributed by atoms with E-state index in [0.29, 0.717) is 11.3 Å². The van der Waals surface area contributed by atoms with E-state index in [4.69, 9.17) is 21.1 Å². The van der Waals surface area contributed by atoms with Crippen molar-refractivity contribution < 1.29 is 22.6 Å². The quantitative estimate of drug-likeness (QED) is 0.732. The van der Waals surface area contributed by atoms with Crippen molar-refractivity contribution in [1.82, 2.24) is 0 Å². The first-order valence-electron chi connectivity index (χ1n) is 4.91. The van der Waals surface area contributed by atoms with Crippen LogP contribution in [0.25, 0.3) is 0 Å². The van der Waals surface area contributed by atoms with Crippen LogP contribution in [0.4, 0.5) is 13.2 Å². The van der Waals surface area contributed by atoms with E-state index in [1.165, 1.54) is 26.4 Å². The number of rotatable bonds is 4. The highest BCUT2D eigenvalue weighted by molar-refractivity contribution is 9.09. The highest BCUT2D eigenvalue weighted by Crippen LogP contribution is 2.45. The van der Waals surface area contributed by atoms with Gasteiger partial charge in [0.15, 0.2) is 0 Å². The molecule has 0 amide bonds. The van der Waals surface area contributed by atoms with Gasteiger partial charge in [0.25, 0.3) is 0 Å². The number of ether oxygens (including phenoxy) is 2. The molecule has 0 radical (unpaired) electrons. The Hall–Kier alpha value is -0.620. The summed E-state index contributed by atoms with van der Waals surface area (Å²) in [6.45, 7) is 0. The lowest BCUT2D eigenvalue weighted by Crippen LogP contribution is -2.11. The molecule has 18 heavy (non-hydrogen) atoms. The van der Waals surface area contributed by atoms with Gasteiger partial charge in [0.2, 0.25) is 0 Å². The van der Waals surface area contributed by atoms with Crippen LogP contribution >= 0.6 is 27.5 Å². The number of methoxy groups -OCH3 is 2. The molecule has 1 unspecified atom stereocenters. The third-order valence-electron chi connectivity index (χ3n) is 2.26. The molecule has 0 aliphatic heterocycles. The van der Waals surface area contributed by atoms with E-state index >= 15 is 0 Å². The van der Waals surface area contributed by atoms with Crippen molar-refractivity contribution in [2.24, 2.45) is 0 Å². The zero-order valence-corrected chi connectivity index (χ0v) is 12.0. The summed E-state index contributed by atoms with van der Waals surface area (Å²) in [4.78, 5) is -0.921.